The van der Waals surface area contributed by atoms with Crippen molar-refractivity contribution in [1.82, 2.24) is 0 Å². The van der Waals surface area contributed by atoms with E-state index in [1.54, 1.807) is 11.3 Å². The molecule has 0 unspecified atom stereocenters. The summed E-state index contributed by atoms with van der Waals surface area (Å²) in [5.74, 6) is 0. The Hall–Kier alpha value is 0.230. The van der Waals surface area contributed by atoms with Crippen molar-refractivity contribution < 1.29 is 0 Å². The fourth-order valence-corrected chi connectivity index (χ4v) is 2.44. The van der Waals surface area contributed by atoms with E-state index in [1.165, 1.54) is 7.76 Å². The first kappa shape index (κ1) is 6.35. The zero-order valence-corrected chi connectivity index (χ0v) is 7.41. The summed E-state index contributed by atoms with van der Waals surface area (Å²) in [5, 5.41) is 0. The number of thiophene rings is 1. The maximum Gasteiger partial charge on any atom is 0.0677 e. The van der Waals surface area contributed by atoms with Gasteiger partial charge in [0.2, 0.25) is 0 Å². The molecule has 0 radical (unpaired) electrons. The highest BCUT2D eigenvalue weighted by Crippen LogP contribution is 2.24. The lowest BCUT2D eigenvalue weighted by molar-refractivity contribution is 1.62. The number of aryl methyl sites for hydroxylation is 1. The van der Waals surface area contributed by atoms with Gasteiger partial charge >= 0.3 is 0 Å². The molecule has 44 valence electrons. The first-order valence-electron chi connectivity index (χ1n) is 2.21. The van der Waals surface area contributed by atoms with Crippen LogP contribution in [-0.2, 0) is 0 Å². The van der Waals surface area contributed by atoms with E-state index in [0.717, 1.165) is 5.69 Å². The van der Waals surface area contributed by atoms with E-state index in [2.05, 4.69) is 22.6 Å². The number of hydrogen-bond donors (Lipinski definition) is 1. The largest absolute Gasteiger partial charge is 0.398 e. The third-order valence-electron chi connectivity index (χ3n) is 0.926. The molecule has 1 aromatic rings. The molecule has 0 amide bonds. The van der Waals surface area contributed by atoms with E-state index >= 15 is 0 Å². The van der Waals surface area contributed by atoms with Crippen molar-refractivity contribution in [3.8, 4) is 0 Å². The van der Waals surface area contributed by atoms with Crippen LogP contribution in [0, 0.1) is 9.81 Å². The van der Waals surface area contributed by atoms with Gasteiger partial charge in [0.05, 0.1) is 2.88 Å². The topological polar surface area (TPSA) is 26.0 Å². The number of nitrogen functional groups attached to an aromatic ring is 1. The van der Waals surface area contributed by atoms with Crippen LogP contribution in [0.15, 0.2) is 6.07 Å². The van der Waals surface area contributed by atoms with Crippen LogP contribution in [0.5, 0.6) is 0 Å². The number of nitrogens with two attached hydrogens (primary N) is 1. The zero-order valence-electron chi connectivity index (χ0n) is 4.44. The Morgan fingerprint density at radius 2 is 2.38 bits per heavy atom. The highest BCUT2D eigenvalue weighted by molar-refractivity contribution is 14.1. The average molecular weight is 239 g/mol. The quantitative estimate of drug-likeness (QED) is 0.690. The summed E-state index contributed by atoms with van der Waals surface area (Å²) in [6.45, 7) is 2.03. The van der Waals surface area contributed by atoms with Crippen molar-refractivity contribution >= 4 is 39.6 Å². The molecule has 0 aliphatic carbocycles. The van der Waals surface area contributed by atoms with Crippen LogP contribution in [0.4, 0.5) is 5.69 Å². The molecule has 0 aromatic carbocycles. The van der Waals surface area contributed by atoms with E-state index in [1.807, 2.05) is 13.0 Å². The van der Waals surface area contributed by atoms with Gasteiger partial charge in [-0.15, -0.1) is 11.3 Å². The second-order valence-electron chi connectivity index (χ2n) is 1.56. The molecule has 0 saturated heterocycles. The van der Waals surface area contributed by atoms with Crippen molar-refractivity contribution in [3.63, 3.8) is 0 Å². The molecule has 0 aliphatic heterocycles. The normalized spacial score (nSPS) is 9.75. The second kappa shape index (κ2) is 2.23. The van der Waals surface area contributed by atoms with E-state index in [4.69, 9.17) is 5.73 Å². The molecular weight excluding hydrogens is 233 g/mol. The molecule has 0 spiro atoms. The van der Waals surface area contributed by atoms with E-state index < -0.39 is 0 Å². The summed E-state index contributed by atoms with van der Waals surface area (Å²) in [7, 11) is 0. The summed E-state index contributed by atoms with van der Waals surface area (Å²) in [6, 6.07) is 1.99. The molecule has 8 heavy (non-hydrogen) atoms. The number of anilines is 1. The van der Waals surface area contributed by atoms with Crippen LogP contribution in [0.1, 0.15) is 4.88 Å². The monoisotopic (exact) mass is 239 g/mol. The molecule has 1 heterocycles. The summed E-state index contributed by atoms with van der Waals surface area (Å²) in [6.07, 6.45) is 0. The summed E-state index contributed by atoms with van der Waals surface area (Å²) in [4.78, 5) is 1.22. The SMILES string of the molecule is Cc1sc(I)cc1N. The van der Waals surface area contributed by atoms with Crippen molar-refractivity contribution in [2.24, 2.45) is 0 Å². The molecule has 0 fully saturated rings. The van der Waals surface area contributed by atoms with Gasteiger partial charge in [-0.2, -0.15) is 0 Å². The standard InChI is InChI=1S/C5H6INS/c1-3-4(7)2-5(6)8-3/h2H,7H2,1H3. The third-order valence-corrected chi connectivity index (χ3v) is 2.75. The second-order valence-corrected chi connectivity index (χ2v) is 4.71. The molecule has 1 aromatic heterocycles. The van der Waals surface area contributed by atoms with Crippen LogP contribution in [-0.4, -0.2) is 0 Å². The lowest BCUT2D eigenvalue weighted by Gasteiger charge is -1.80. The molecular formula is C5H6INS. The fraction of sp³-hybridized carbons (Fsp3) is 0.200. The minimum Gasteiger partial charge on any atom is -0.398 e. The maximum absolute atomic E-state index is 5.55. The minimum absolute atomic E-state index is 0.916. The Kier molecular flexibility index (Phi) is 1.77. The van der Waals surface area contributed by atoms with Crippen LogP contribution in [0.3, 0.4) is 0 Å². The van der Waals surface area contributed by atoms with Crippen molar-refractivity contribution in [2.75, 3.05) is 5.73 Å². The highest BCUT2D eigenvalue weighted by Gasteiger charge is 1.95. The van der Waals surface area contributed by atoms with E-state index in [0.29, 0.717) is 0 Å². The van der Waals surface area contributed by atoms with Gasteiger partial charge in [-0.25, -0.2) is 0 Å². The third kappa shape index (κ3) is 1.14. The van der Waals surface area contributed by atoms with Crippen molar-refractivity contribution in [1.29, 1.82) is 0 Å². The van der Waals surface area contributed by atoms with Gasteiger partial charge in [0.15, 0.2) is 0 Å². The number of hydrogen-bond acceptors (Lipinski definition) is 2. The molecule has 1 nitrogen and oxygen atoms in total. The van der Waals surface area contributed by atoms with Crippen LogP contribution in [0.25, 0.3) is 0 Å². The van der Waals surface area contributed by atoms with E-state index in [9.17, 15) is 0 Å². The Bertz CT molecular complexity index is 175. The Labute approximate surface area is 66.0 Å². The van der Waals surface area contributed by atoms with Gasteiger partial charge in [-0.3, -0.25) is 0 Å². The van der Waals surface area contributed by atoms with Crippen LogP contribution in [0.2, 0.25) is 0 Å². The summed E-state index contributed by atoms with van der Waals surface area (Å²) in [5.41, 5.74) is 6.46. The van der Waals surface area contributed by atoms with Gasteiger partial charge in [-0.1, -0.05) is 0 Å². The molecule has 3 heteroatoms. The Balaban J connectivity index is 3.14. The van der Waals surface area contributed by atoms with Gasteiger partial charge in [0, 0.05) is 10.6 Å². The van der Waals surface area contributed by atoms with Crippen molar-refractivity contribution in [3.05, 3.63) is 13.8 Å². The molecule has 2 N–H and O–H groups in total. The Morgan fingerprint density at radius 1 is 1.75 bits per heavy atom. The molecule has 0 saturated carbocycles. The number of rotatable bonds is 0. The predicted octanol–water partition coefficient (Wildman–Crippen LogP) is 2.24. The maximum atomic E-state index is 5.55. The first-order chi connectivity index (χ1) is 3.70. The van der Waals surface area contributed by atoms with Crippen LogP contribution >= 0.6 is 33.9 Å². The molecule has 0 bridgehead atoms. The fourth-order valence-electron chi connectivity index (χ4n) is 0.459. The smallest absolute Gasteiger partial charge is 0.0677 e. The van der Waals surface area contributed by atoms with E-state index in [-0.39, 0.29) is 0 Å². The number of halogens is 1. The zero-order chi connectivity index (χ0) is 6.15. The average Bonchev–Trinajstić information content (AvgIpc) is 1.85. The first-order valence-corrected chi connectivity index (χ1v) is 4.11. The molecule has 0 atom stereocenters. The molecule has 1 rings (SSSR count). The molecule has 0 aliphatic rings. The van der Waals surface area contributed by atoms with Gasteiger partial charge in [0.1, 0.15) is 0 Å². The van der Waals surface area contributed by atoms with Crippen molar-refractivity contribution in [2.45, 2.75) is 6.92 Å². The predicted molar refractivity (Wildman–Crippen MR) is 46.2 cm³/mol. The Morgan fingerprint density at radius 3 is 2.50 bits per heavy atom. The van der Waals surface area contributed by atoms with Gasteiger partial charge in [-0.05, 0) is 35.6 Å². The summed E-state index contributed by atoms with van der Waals surface area (Å²) < 4.78 is 1.26. The van der Waals surface area contributed by atoms with Gasteiger partial charge < -0.3 is 5.73 Å². The van der Waals surface area contributed by atoms with Crippen LogP contribution < -0.4 is 5.73 Å². The minimum atomic E-state index is 0.916. The van der Waals surface area contributed by atoms with Gasteiger partial charge in [0.25, 0.3) is 0 Å². The summed E-state index contributed by atoms with van der Waals surface area (Å²) >= 11 is 4.00. The lowest BCUT2D eigenvalue weighted by Crippen LogP contribution is -1.80. The lowest BCUT2D eigenvalue weighted by atomic mass is 10.4. The highest BCUT2D eigenvalue weighted by atomic mass is 127.